The zero-order valence-corrected chi connectivity index (χ0v) is 13.0. The SMILES string of the molecule is COC(=O)/C=C(/Nc1ccc(Br)cc1C(F)(F)F)C(=O)OC. The van der Waals surface area contributed by atoms with Crippen LogP contribution >= 0.6 is 15.9 Å². The number of nitrogens with one attached hydrogen (secondary N) is 1. The molecule has 0 saturated carbocycles. The highest BCUT2D eigenvalue weighted by molar-refractivity contribution is 9.10. The van der Waals surface area contributed by atoms with Crippen LogP contribution in [0.1, 0.15) is 5.56 Å². The lowest BCUT2D eigenvalue weighted by Gasteiger charge is -2.15. The van der Waals surface area contributed by atoms with E-state index in [0.717, 1.165) is 26.4 Å². The fourth-order valence-electron chi connectivity index (χ4n) is 1.44. The molecule has 22 heavy (non-hydrogen) atoms. The Hall–Kier alpha value is -2.03. The van der Waals surface area contributed by atoms with E-state index in [1.54, 1.807) is 0 Å². The molecule has 9 heteroatoms. The monoisotopic (exact) mass is 381 g/mol. The lowest BCUT2D eigenvalue weighted by atomic mass is 10.1. The maximum absolute atomic E-state index is 13.0. The minimum absolute atomic E-state index is 0.210. The Kier molecular flexibility index (Phi) is 5.98. The van der Waals surface area contributed by atoms with E-state index in [1.165, 1.54) is 6.07 Å². The van der Waals surface area contributed by atoms with E-state index in [-0.39, 0.29) is 4.47 Å². The second-order valence-electron chi connectivity index (χ2n) is 3.89. The van der Waals surface area contributed by atoms with Crippen LogP contribution in [0.3, 0.4) is 0 Å². The van der Waals surface area contributed by atoms with Crippen LogP contribution in [-0.2, 0) is 25.2 Å². The molecule has 0 amide bonds. The number of esters is 2. The molecular weight excluding hydrogens is 371 g/mol. The van der Waals surface area contributed by atoms with Crippen LogP contribution in [0.5, 0.6) is 0 Å². The largest absolute Gasteiger partial charge is 0.466 e. The third-order valence-electron chi connectivity index (χ3n) is 2.43. The average Bonchev–Trinajstić information content (AvgIpc) is 2.46. The van der Waals surface area contributed by atoms with E-state index in [1.807, 2.05) is 0 Å². The molecule has 0 aliphatic rings. The van der Waals surface area contributed by atoms with Gasteiger partial charge in [-0.2, -0.15) is 13.2 Å². The summed E-state index contributed by atoms with van der Waals surface area (Å²) in [6.45, 7) is 0. The van der Waals surface area contributed by atoms with Crippen LogP contribution in [0.15, 0.2) is 34.4 Å². The second kappa shape index (κ2) is 7.30. The Morgan fingerprint density at radius 1 is 1.23 bits per heavy atom. The molecule has 0 heterocycles. The molecule has 0 radical (unpaired) electrons. The number of ether oxygens (including phenoxy) is 2. The Morgan fingerprint density at radius 2 is 1.86 bits per heavy atom. The molecule has 0 spiro atoms. The predicted octanol–water partition coefficient (Wildman–Crippen LogP) is 3.11. The molecule has 5 nitrogen and oxygen atoms in total. The Morgan fingerprint density at radius 3 is 2.36 bits per heavy atom. The van der Waals surface area contributed by atoms with Crippen molar-refractivity contribution in [3.05, 3.63) is 40.0 Å². The highest BCUT2D eigenvalue weighted by Crippen LogP contribution is 2.37. The minimum atomic E-state index is -4.65. The Bertz CT molecular complexity index is 614. The van der Waals surface area contributed by atoms with Gasteiger partial charge in [-0.15, -0.1) is 0 Å². The summed E-state index contributed by atoms with van der Waals surface area (Å²) in [7, 11) is 2.09. The number of carbonyl (C=O) groups excluding carboxylic acids is 2. The van der Waals surface area contributed by atoms with Crippen molar-refractivity contribution < 1.29 is 32.2 Å². The summed E-state index contributed by atoms with van der Waals surface area (Å²) < 4.78 is 48.0. The molecule has 0 aliphatic carbocycles. The van der Waals surface area contributed by atoms with Crippen molar-refractivity contribution in [1.82, 2.24) is 0 Å². The number of hydrogen-bond acceptors (Lipinski definition) is 5. The van der Waals surface area contributed by atoms with E-state index >= 15 is 0 Å². The van der Waals surface area contributed by atoms with Gasteiger partial charge in [0.05, 0.1) is 31.5 Å². The second-order valence-corrected chi connectivity index (χ2v) is 4.80. The summed E-state index contributed by atoms with van der Waals surface area (Å²) in [5, 5.41) is 2.24. The van der Waals surface area contributed by atoms with Gasteiger partial charge in [0.2, 0.25) is 0 Å². The summed E-state index contributed by atoms with van der Waals surface area (Å²) in [4.78, 5) is 22.7. The van der Waals surface area contributed by atoms with Crippen molar-refractivity contribution in [3.8, 4) is 0 Å². The molecule has 1 rings (SSSR count). The first-order valence-corrected chi connectivity index (χ1v) is 6.50. The topological polar surface area (TPSA) is 64.6 Å². The lowest BCUT2D eigenvalue weighted by Crippen LogP contribution is -2.18. The molecular formula is C13H11BrF3NO4. The fraction of sp³-hybridized carbons (Fsp3) is 0.231. The first-order chi connectivity index (χ1) is 10.2. The number of halogens is 4. The van der Waals surface area contributed by atoms with Gasteiger partial charge < -0.3 is 14.8 Å². The predicted molar refractivity (Wildman–Crippen MR) is 74.9 cm³/mol. The van der Waals surface area contributed by atoms with E-state index in [4.69, 9.17) is 0 Å². The Labute approximate surface area is 132 Å². The molecule has 0 aliphatic heterocycles. The molecule has 1 aromatic carbocycles. The molecule has 0 bridgehead atoms. The van der Waals surface area contributed by atoms with Gasteiger partial charge in [0, 0.05) is 4.47 Å². The molecule has 0 fully saturated rings. The molecule has 120 valence electrons. The smallest absolute Gasteiger partial charge is 0.418 e. The van der Waals surface area contributed by atoms with Gasteiger partial charge in [0.15, 0.2) is 0 Å². The van der Waals surface area contributed by atoms with Crippen LogP contribution in [0.4, 0.5) is 18.9 Å². The van der Waals surface area contributed by atoms with Crippen LogP contribution in [0.25, 0.3) is 0 Å². The number of hydrogen-bond donors (Lipinski definition) is 1. The van der Waals surface area contributed by atoms with Crippen molar-refractivity contribution in [2.24, 2.45) is 0 Å². The van der Waals surface area contributed by atoms with Crippen molar-refractivity contribution in [1.29, 1.82) is 0 Å². The van der Waals surface area contributed by atoms with E-state index in [2.05, 4.69) is 30.7 Å². The van der Waals surface area contributed by atoms with Crippen molar-refractivity contribution in [3.63, 3.8) is 0 Å². The van der Waals surface area contributed by atoms with Gasteiger partial charge in [-0.25, -0.2) is 9.59 Å². The minimum Gasteiger partial charge on any atom is -0.466 e. The first kappa shape index (κ1) is 18.0. The van der Waals surface area contributed by atoms with Crippen LogP contribution in [0.2, 0.25) is 0 Å². The van der Waals surface area contributed by atoms with Gasteiger partial charge in [-0.3, -0.25) is 0 Å². The standard InChI is InChI=1S/C13H11BrF3NO4/c1-21-11(19)6-10(12(20)22-2)18-9-4-3-7(14)5-8(9)13(15,16)17/h3-6,18H,1-2H3/b10-6+. The summed E-state index contributed by atoms with van der Waals surface area (Å²) in [5.74, 6) is -1.93. The third-order valence-corrected chi connectivity index (χ3v) is 2.92. The van der Waals surface area contributed by atoms with E-state index in [0.29, 0.717) is 6.08 Å². The number of anilines is 1. The third kappa shape index (κ3) is 4.76. The van der Waals surface area contributed by atoms with Gasteiger partial charge in [-0.1, -0.05) is 15.9 Å². The van der Waals surface area contributed by atoms with Crippen molar-refractivity contribution in [2.45, 2.75) is 6.18 Å². The molecule has 1 aromatic rings. The first-order valence-electron chi connectivity index (χ1n) is 5.70. The average molecular weight is 382 g/mol. The van der Waals surface area contributed by atoms with Crippen LogP contribution < -0.4 is 5.32 Å². The number of benzene rings is 1. The molecule has 0 unspecified atom stereocenters. The van der Waals surface area contributed by atoms with Gasteiger partial charge in [-0.05, 0) is 18.2 Å². The molecule has 0 aromatic heterocycles. The van der Waals surface area contributed by atoms with Crippen molar-refractivity contribution >= 4 is 33.6 Å². The summed E-state index contributed by atoms with van der Waals surface area (Å²) in [6.07, 6.45) is -3.95. The van der Waals surface area contributed by atoms with Crippen LogP contribution in [0, 0.1) is 0 Å². The van der Waals surface area contributed by atoms with E-state index in [9.17, 15) is 22.8 Å². The molecule has 1 N–H and O–H groups in total. The number of alkyl halides is 3. The fourth-order valence-corrected chi connectivity index (χ4v) is 1.80. The summed E-state index contributed by atoms with van der Waals surface area (Å²) >= 11 is 2.94. The molecule has 0 atom stereocenters. The van der Waals surface area contributed by atoms with Gasteiger partial charge >= 0.3 is 18.1 Å². The van der Waals surface area contributed by atoms with E-state index < -0.39 is 35.1 Å². The summed E-state index contributed by atoms with van der Waals surface area (Å²) in [5.41, 5.74) is -1.90. The zero-order chi connectivity index (χ0) is 16.9. The zero-order valence-electron chi connectivity index (χ0n) is 11.5. The highest BCUT2D eigenvalue weighted by Gasteiger charge is 2.34. The number of methoxy groups -OCH3 is 2. The number of rotatable bonds is 4. The highest BCUT2D eigenvalue weighted by atomic mass is 79.9. The van der Waals surface area contributed by atoms with Gasteiger partial charge in [0.1, 0.15) is 5.70 Å². The van der Waals surface area contributed by atoms with Gasteiger partial charge in [0.25, 0.3) is 0 Å². The van der Waals surface area contributed by atoms with Crippen LogP contribution in [-0.4, -0.2) is 26.2 Å². The maximum atomic E-state index is 13.0. The quantitative estimate of drug-likeness (QED) is 0.641. The lowest BCUT2D eigenvalue weighted by molar-refractivity contribution is -0.138. The maximum Gasteiger partial charge on any atom is 0.418 e. The molecule has 0 saturated heterocycles. The van der Waals surface area contributed by atoms with Crippen molar-refractivity contribution in [2.75, 3.05) is 19.5 Å². The number of carbonyl (C=O) groups is 2. The normalized spacial score (nSPS) is 11.8. The Balaban J connectivity index is 3.27. The summed E-state index contributed by atoms with van der Waals surface area (Å²) in [6, 6.07) is 3.31.